The number of hydrogen-bond acceptors (Lipinski definition) is 6. The van der Waals surface area contributed by atoms with Crippen LogP contribution in [0.4, 0.5) is 0 Å². The molecule has 8 nitrogen and oxygen atoms in total. The Labute approximate surface area is 139 Å². The van der Waals surface area contributed by atoms with Crippen molar-refractivity contribution in [2.24, 2.45) is 0 Å². The second kappa shape index (κ2) is 6.62. The average Bonchev–Trinajstić information content (AvgIpc) is 3.07. The predicted octanol–water partition coefficient (Wildman–Crippen LogP) is 0.668. The van der Waals surface area contributed by atoms with Crippen LogP contribution >= 0.6 is 0 Å². The molecule has 3 rings (SSSR count). The lowest BCUT2D eigenvalue weighted by molar-refractivity contribution is 0.0697. The molecule has 0 spiro atoms. The van der Waals surface area contributed by atoms with Gasteiger partial charge in [-0.2, -0.15) is 4.31 Å². The van der Waals surface area contributed by atoms with E-state index in [9.17, 15) is 18.3 Å². The van der Waals surface area contributed by atoms with Crippen LogP contribution in [0.5, 0.6) is 5.75 Å². The SMILES string of the molecule is O=C(c1ccc(O)cc1)N1CCN(S(=O)(=O)Cc2ccon2)CC1. The van der Waals surface area contributed by atoms with E-state index in [1.54, 1.807) is 17.0 Å². The lowest BCUT2D eigenvalue weighted by Crippen LogP contribution is -2.50. The molecule has 0 aliphatic carbocycles. The third-order valence-electron chi connectivity index (χ3n) is 3.86. The van der Waals surface area contributed by atoms with E-state index in [2.05, 4.69) is 9.68 Å². The van der Waals surface area contributed by atoms with Gasteiger partial charge in [-0.1, -0.05) is 5.16 Å². The minimum Gasteiger partial charge on any atom is -0.508 e. The molecule has 0 bridgehead atoms. The number of hydrogen-bond donors (Lipinski definition) is 1. The van der Waals surface area contributed by atoms with Crippen molar-refractivity contribution in [2.75, 3.05) is 26.2 Å². The molecule has 1 aliphatic heterocycles. The first kappa shape index (κ1) is 16.5. The number of amides is 1. The number of benzene rings is 1. The molecule has 0 atom stereocenters. The first-order chi connectivity index (χ1) is 11.5. The van der Waals surface area contributed by atoms with Crippen LogP contribution in [0.25, 0.3) is 0 Å². The summed E-state index contributed by atoms with van der Waals surface area (Å²) in [5.74, 6) is -0.297. The minimum atomic E-state index is -3.49. The third kappa shape index (κ3) is 3.57. The molecule has 0 radical (unpaired) electrons. The van der Waals surface area contributed by atoms with Crippen LogP contribution in [-0.2, 0) is 15.8 Å². The quantitative estimate of drug-likeness (QED) is 0.868. The maximum Gasteiger partial charge on any atom is 0.253 e. The van der Waals surface area contributed by atoms with Crippen LogP contribution in [0.1, 0.15) is 16.1 Å². The van der Waals surface area contributed by atoms with Crippen molar-refractivity contribution in [1.29, 1.82) is 0 Å². The van der Waals surface area contributed by atoms with E-state index < -0.39 is 10.0 Å². The van der Waals surface area contributed by atoms with Gasteiger partial charge in [-0.15, -0.1) is 0 Å². The van der Waals surface area contributed by atoms with Gasteiger partial charge < -0.3 is 14.5 Å². The van der Waals surface area contributed by atoms with Gasteiger partial charge in [-0.05, 0) is 24.3 Å². The summed E-state index contributed by atoms with van der Waals surface area (Å²) < 4.78 is 30.7. The van der Waals surface area contributed by atoms with Crippen LogP contribution in [0.3, 0.4) is 0 Å². The molecule has 2 aromatic rings. The number of nitrogens with zero attached hydrogens (tertiary/aromatic N) is 3. The van der Waals surface area contributed by atoms with Crippen molar-refractivity contribution in [3.8, 4) is 5.75 Å². The molecule has 128 valence electrons. The number of aromatic nitrogens is 1. The fourth-order valence-electron chi connectivity index (χ4n) is 2.55. The number of carbonyl (C=O) groups excluding carboxylic acids is 1. The zero-order chi connectivity index (χ0) is 17.2. The minimum absolute atomic E-state index is 0.0929. The van der Waals surface area contributed by atoms with E-state index in [-0.39, 0.29) is 30.5 Å². The zero-order valence-electron chi connectivity index (χ0n) is 12.8. The van der Waals surface area contributed by atoms with Crippen molar-refractivity contribution in [3.05, 3.63) is 47.9 Å². The lowest BCUT2D eigenvalue weighted by Gasteiger charge is -2.33. The summed E-state index contributed by atoms with van der Waals surface area (Å²) >= 11 is 0. The smallest absolute Gasteiger partial charge is 0.253 e. The summed E-state index contributed by atoms with van der Waals surface area (Å²) in [4.78, 5) is 14.0. The molecule has 1 aromatic carbocycles. The molecule has 24 heavy (non-hydrogen) atoms. The van der Waals surface area contributed by atoms with Gasteiger partial charge in [0.15, 0.2) is 0 Å². The number of phenols is 1. The molecule has 0 unspecified atom stereocenters. The van der Waals surface area contributed by atoms with E-state index in [4.69, 9.17) is 0 Å². The maximum absolute atomic E-state index is 12.4. The van der Waals surface area contributed by atoms with E-state index >= 15 is 0 Å². The van der Waals surface area contributed by atoms with E-state index in [0.29, 0.717) is 24.3 Å². The molecule has 1 saturated heterocycles. The van der Waals surface area contributed by atoms with Gasteiger partial charge in [0, 0.05) is 37.8 Å². The Balaban J connectivity index is 1.61. The second-order valence-corrected chi connectivity index (χ2v) is 7.45. The van der Waals surface area contributed by atoms with Gasteiger partial charge in [0.25, 0.3) is 5.91 Å². The van der Waals surface area contributed by atoms with Gasteiger partial charge in [0.05, 0.1) is 5.69 Å². The van der Waals surface area contributed by atoms with E-state index in [1.165, 1.54) is 28.8 Å². The van der Waals surface area contributed by atoms with Crippen molar-refractivity contribution in [2.45, 2.75) is 5.75 Å². The second-order valence-electron chi connectivity index (χ2n) is 5.49. The monoisotopic (exact) mass is 351 g/mol. The summed E-state index contributed by atoms with van der Waals surface area (Å²) in [6, 6.07) is 7.51. The normalized spacial score (nSPS) is 16.2. The molecule has 1 fully saturated rings. The standard InChI is InChI=1S/C15H17N3O5S/c19-14-3-1-12(2-4-14)15(20)17-6-8-18(9-7-17)24(21,22)11-13-5-10-23-16-13/h1-5,10,19H,6-9,11H2. The number of sulfonamides is 1. The largest absolute Gasteiger partial charge is 0.508 e. The van der Waals surface area contributed by atoms with Crippen LogP contribution in [0, 0.1) is 0 Å². The number of piperazine rings is 1. The Kier molecular flexibility index (Phi) is 4.54. The first-order valence-electron chi connectivity index (χ1n) is 7.41. The van der Waals surface area contributed by atoms with Gasteiger partial charge in [0.2, 0.25) is 10.0 Å². The van der Waals surface area contributed by atoms with E-state index in [0.717, 1.165) is 0 Å². The lowest BCUT2D eigenvalue weighted by atomic mass is 10.2. The summed E-state index contributed by atoms with van der Waals surface area (Å²) in [6.45, 7) is 1.11. The number of carbonyl (C=O) groups is 1. The molecule has 1 aliphatic rings. The number of rotatable bonds is 4. The highest BCUT2D eigenvalue weighted by molar-refractivity contribution is 7.88. The Bertz CT molecular complexity index is 794. The number of aromatic hydroxyl groups is 1. The van der Waals surface area contributed by atoms with Crippen LogP contribution < -0.4 is 0 Å². The highest BCUT2D eigenvalue weighted by Gasteiger charge is 2.29. The molecule has 1 N–H and O–H groups in total. The molecule has 0 saturated carbocycles. The highest BCUT2D eigenvalue weighted by Crippen LogP contribution is 2.16. The summed E-state index contributed by atoms with van der Waals surface area (Å²) in [6.07, 6.45) is 1.33. The highest BCUT2D eigenvalue weighted by atomic mass is 32.2. The van der Waals surface area contributed by atoms with Gasteiger partial charge >= 0.3 is 0 Å². The Morgan fingerprint density at radius 1 is 1.12 bits per heavy atom. The third-order valence-corrected chi connectivity index (χ3v) is 5.67. The first-order valence-corrected chi connectivity index (χ1v) is 9.02. The summed E-state index contributed by atoms with van der Waals surface area (Å²) in [7, 11) is -3.49. The van der Waals surface area contributed by atoms with Crippen LogP contribution in [0.15, 0.2) is 41.1 Å². The molecule has 9 heteroatoms. The topological polar surface area (TPSA) is 104 Å². The van der Waals surface area contributed by atoms with Crippen LogP contribution in [-0.4, -0.2) is 60.0 Å². The van der Waals surface area contributed by atoms with Crippen molar-refractivity contribution >= 4 is 15.9 Å². The summed E-state index contributed by atoms with van der Waals surface area (Å²) in [5.41, 5.74) is 0.823. The van der Waals surface area contributed by atoms with Crippen molar-refractivity contribution in [3.63, 3.8) is 0 Å². The van der Waals surface area contributed by atoms with E-state index in [1.807, 2.05) is 0 Å². The summed E-state index contributed by atoms with van der Waals surface area (Å²) in [5, 5.41) is 12.9. The predicted molar refractivity (Wildman–Crippen MR) is 84.7 cm³/mol. The fourth-order valence-corrected chi connectivity index (χ4v) is 3.97. The van der Waals surface area contributed by atoms with Crippen molar-refractivity contribution < 1.29 is 22.8 Å². The van der Waals surface area contributed by atoms with Gasteiger partial charge in [-0.3, -0.25) is 4.79 Å². The molecular formula is C15H17N3O5S. The Morgan fingerprint density at radius 2 is 1.79 bits per heavy atom. The average molecular weight is 351 g/mol. The molecule has 1 aromatic heterocycles. The van der Waals surface area contributed by atoms with Gasteiger partial charge in [0.1, 0.15) is 17.8 Å². The molecule has 2 heterocycles. The maximum atomic E-state index is 12.4. The van der Waals surface area contributed by atoms with Crippen molar-refractivity contribution in [1.82, 2.24) is 14.4 Å². The van der Waals surface area contributed by atoms with Gasteiger partial charge in [-0.25, -0.2) is 8.42 Å². The molecular weight excluding hydrogens is 334 g/mol. The Hall–Kier alpha value is -2.39. The zero-order valence-corrected chi connectivity index (χ0v) is 13.6. The fraction of sp³-hybridized carbons (Fsp3) is 0.333. The number of phenolic OH excluding ortho intramolecular Hbond substituents is 1. The Morgan fingerprint density at radius 3 is 2.38 bits per heavy atom. The van der Waals surface area contributed by atoms with Crippen LogP contribution in [0.2, 0.25) is 0 Å². The molecule has 1 amide bonds.